The number of nitrogens with zero attached hydrogens (tertiary/aromatic N) is 1. The second kappa shape index (κ2) is 8.45. The lowest BCUT2D eigenvalue weighted by Crippen LogP contribution is -2.49. The zero-order valence-electron chi connectivity index (χ0n) is 14.7. The van der Waals surface area contributed by atoms with Crippen LogP contribution >= 0.6 is 0 Å². The largest absolute Gasteiger partial charge is 0.352 e. The zero-order chi connectivity index (χ0) is 17.6. The lowest BCUT2D eigenvalue weighted by Gasteiger charge is -2.28. The van der Waals surface area contributed by atoms with Crippen LogP contribution in [0.1, 0.15) is 56.9 Å². The molecule has 2 fully saturated rings. The molecule has 1 heterocycles. The summed E-state index contributed by atoms with van der Waals surface area (Å²) < 4.78 is 12.9. The average Bonchev–Trinajstić information content (AvgIpc) is 3.12. The van der Waals surface area contributed by atoms with Crippen LogP contribution in [0.15, 0.2) is 24.3 Å². The molecule has 0 spiro atoms. The monoisotopic (exact) mass is 346 g/mol. The standard InChI is InChI=1S/C20H27FN2O2/c21-16-11-8-15(9-12-16)10-13-19(24)23-14-4-7-18(23)20(25)22-17-5-2-1-3-6-17/h8-9,11-12,17-18H,1-7,10,13-14H2,(H,22,25). The van der Waals surface area contributed by atoms with E-state index in [0.29, 0.717) is 19.4 Å². The number of hydrogen-bond acceptors (Lipinski definition) is 2. The van der Waals surface area contributed by atoms with E-state index in [4.69, 9.17) is 0 Å². The Morgan fingerprint density at radius 2 is 1.76 bits per heavy atom. The minimum absolute atomic E-state index is 0.0135. The lowest BCUT2D eigenvalue weighted by molar-refractivity contribution is -0.138. The van der Waals surface area contributed by atoms with Gasteiger partial charge in [-0.2, -0.15) is 0 Å². The first-order valence-corrected chi connectivity index (χ1v) is 9.48. The molecule has 136 valence electrons. The van der Waals surface area contributed by atoms with Crippen molar-refractivity contribution >= 4 is 11.8 Å². The van der Waals surface area contributed by atoms with Gasteiger partial charge in [0.15, 0.2) is 0 Å². The molecule has 1 aromatic rings. The van der Waals surface area contributed by atoms with Crippen molar-refractivity contribution in [2.75, 3.05) is 6.54 Å². The highest BCUT2D eigenvalue weighted by Gasteiger charge is 2.34. The maximum Gasteiger partial charge on any atom is 0.243 e. The van der Waals surface area contributed by atoms with Gasteiger partial charge in [-0.1, -0.05) is 31.4 Å². The van der Waals surface area contributed by atoms with Crippen molar-refractivity contribution in [3.05, 3.63) is 35.6 Å². The molecule has 1 N–H and O–H groups in total. The Balaban J connectivity index is 1.51. The van der Waals surface area contributed by atoms with Crippen LogP contribution in [-0.4, -0.2) is 35.3 Å². The van der Waals surface area contributed by atoms with Gasteiger partial charge in [0.2, 0.25) is 11.8 Å². The van der Waals surface area contributed by atoms with E-state index < -0.39 is 0 Å². The van der Waals surface area contributed by atoms with Crippen molar-refractivity contribution in [1.82, 2.24) is 10.2 Å². The number of likely N-dealkylation sites (tertiary alicyclic amines) is 1. The number of carbonyl (C=O) groups excluding carboxylic acids is 2. The molecule has 5 heteroatoms. The summed E-state index contributed by atoms with van der Waals surface area (Å²) >= 11 is 0. The van der Waals surface area contributed by atoms with Crippen LogP contribution in [0.4, 0.5) is 4.39 Å². The number of hydrogen-bond donors (Lipinski definition) is 1. The lowest BCUT2D eigenvalue weighted by atomic mass is 9.95. The van der Waals surface area contributed by atoms with Gasteiger partial charge in [-0.25, -0.2) is 4.39 Å². The van der Waals surface area contributed by atoms with E-state index in [1.54, 1.807) is 17.0 Å². The number of halogens is 1. The quantitative estimate of drug-likeness (QED) is 0.890. The summed E-state index contributed by atoms with van der Waals surface area (Å²) in [7, 11) is 0. The number of carbonyl (C=O) groups is 2. The van der Waals surface area contributed by atoms with E-state index in [1.165, 1.54) is 31.4 Å². The maximum atomic E-state index is 12.9. The molecule has 1 aliphatic heterocycles. The highest BCUT2D eigenvalue weighted by molar-refractivity contribution is 5.88. The van der Waals surface area contributed by atoms with Crippen molar-refractivity contribution in [3.63, 3.8) is 0 Å². The fraction of sp³-hybridized carbons (Fsp3) is 0.600. The number of rotatable bonds is 5. The van der Waals surface area contributed by atoms with E-state index in [-0.39, 0.29) is 29.7 Å². The van der Waals surface area contributed by atoms with Crippen molar-refractivity contribution < 1.29 is 14.0 Å². The van der Waals surface area contributed by atoms with E-state index in [2.05, 4.69) is 5.32 Å². The molecular formula is C20H27FN2O2. The van der Waals surface area contributed by atoms with Crippen LogP contribution in [0.5, 0.6) is 0 Å². The van der Waals surface area contributed by atoms with E-state index in [0.717, 1.165) is 31.2 Å². The van der Waals surface area contributed by atoms with Crippen molar-refractivity contribution in [3.8, 4) is 0 Å². The molecule has 0 aromatic heterocycles. The normalized spacial score (nSPS) is 21.3. The molecule has 2 aliphatic rings. The molecule has 1 unspecified atom stereocenters. The van der Waals surface area contributed by atoms with Gasteiger partial charge in [-0.05, 0) is 49.8 Å². The Morgan fingerprint density at radius 1 is 1.04 bits per heavy atom. The molecule has 0 radical (unpaired) electrons. The summed E-state index contributed by atoms with van der Waals surface area (Å²) in [5, 5.41) is 3.15. The van der Waals surface area contributed by atoms with Crippen molar-refractivity contribution in [1.29, 1.82) is 0 Å². The second-order valence-electron chi connectivity index (χ2n) is 7.22. The molecule has 1 saturated carbocycles. The third-order valence-electron chi connectivity index (χ3n) is 5.37. The summed E-state index contributed by atoms with van der Waals surface area (Å²) in [6.07, 6.45) is 8.28. The third kappa shape index (κ3) is 4.80. The first kappa shape index (κ1) is 17.9. The van der Waals surface area contributed by atoms with Crippen molar-refractivity contribution in [2.45, 2.75) is 69.9 Å². The summed E-state index contributed by atoms with van der Waals surface area (Å²) in [5.41, 5.74) is 0.942. The van der Waals surface area contributed by atoms with Crippen LogP contribution in [-0.2, 0) is 16.0 Å². The second-order valence-corrected chi connectivity index (χ2v) is 7.22. The van der Waals surface area contributed by atoms with Gasteiger partial charge in [0.1, 0.15) is 11.9 Å². The van der Waals surface area contributed by atoms with E-state index >= 15 is 0 Å². The van der Waals surface area contributed by atoms with Crippen molar-refractivity contribution in [2.24, 2.45) is 0 Å². The molecule has 1 saturated heterocycles. The Morgan fingerprint density at radius 3 is 2.48 bits per heavy atom. The Hall–Kier alpha value is -1.91. The summed E-state index contributed by atoms with van der Waals surface area (Å²) in [5.74, 6) is -0.237. The highest BCUT2D eigenvalue weighted by atomic mass is 19.1. The topological polar surface area (TPSA) is 49.4 Å². The van der Waals surface area contributed by atoms with Gasteiger partial charge in [0.25, 0.3) is 0 Å². The highest BCUT2D eigenvalue weighted by Crippen LogP contribution is 2.22. The van der Waals surface area contributed by atoms with E-state index in [9.17, 15) is 14.0 Å². The summed E-state index contributed by atoms with van der Waals surface area (Å²) in [6.45, 7) is 0.658. The van der Waals surface area contributed by atoms with Gasteiger partial charge >= 0.3 is 0 Å². The summed E-state index contributed by atoms with van der Waals surface area (Å²) in [6, 6.07) is 6.20. The minimum atomic E-state index is -0.317. The van der Waals surface area contributed by atoms with E-state index in [1.807, 2.05) is 0 Å². The van der Waals surface area contributed by atoms with Gasteiger partial charge in [0.05, 0.1) is 0 Å². The molecule has 0 bridgehead atoms. The first-order valence-electron chi connectivity index (χ1n) is 9.48. The predicted octanol–water partition coefficient (Wildman–Crippen LogP) is 3.20. The predicted molar refractivity (Wildman–Crippen MR) is 94.5 cm³/mol. The van der Waals surface area contributed by atoms with Gasteiger partial charge in [-0.3, -0.25) is 9.59 Å². The molecule has 4 nitrogen and oxygen atoms in total. The van der Waals surface area contributed by atoms with Crippen LogP contribution in [0.2, 0.25) is 0 Å². The van der Waals surface area contributed by atoms with Gasteiger partial charge in [-0.15, -0.1) is 0 Å². The Bertz CT molecular complexity index is 596. The Labute approximate surface area is 148 Å². The van der Waals surface area contributed by atoms with Crippen LogP contribution in [0, 0.1) is 5.82 Å². The summed E-state index contributed by atoms with van der Waals surface area (Å²) in [4.78, 5) is 26.9. The van der Waals surface area contributed by atoms with Crippen LogP contribution in [0.25, 0.3) is 0 Å². The fourth-order valence-corrected chi connectivity index (χ4v) is 3.93. The van der Waals surface area contributed by atoms with Gasteiger partial charge < -0.3 is 10.2 Å². The molecule has 2 amide bonds. The fourth-order valence-electron chi connectivity index (χ4n) is 3.93. The maximum absolute atomic E-state index is 12.9. The zero-order valence-corrected chi connectivity index (χ0v) is 14.7. The molecule has 1 atom stereocenters. The SMILES string of the molecule is O=C(NC1CCCCC1)C1CCCN1C(=O)CCc1ccc(F)cc1. The number of aryl methyl sites for hydroxylation is 1. The van der Waals surface area contributed by atoms with Crippen LogP contribution < -0.4 is 5.32 Å². The molecule has 1 aliphatic carbocycles. The average molecular weight is 346 g/mol. The Kier molecular flexibility index (Phi) is 6.05. The first-order chi connectivity index (χ1) is 12.1. The smallest absolute Gasteiger partial charge is 0.243 e. The van der Waals surface area contributed by atoms with Gasteiger partial charge in [0, 0.05) is 19.0 Å². The molecule has 3 rings (SSSR count). The molecule has 1 aromatic carbocycles. The minimum Gasteiger partial charge on any atom is -0.352 e. The van der Waals surface area contributed by atoms with Crippen LogP contribution in [0.3, 0.4) is 0 Å². The third-order valence-corrected chi connectivity index (χ3v) is 5.37. The number of benzene rings is 1. The number of nitrogens with one attached hydrogen (secondary N) is 1. The molecular weight excluding hydrogens is 319 g/mol. The number of amides is 2. The molecule has 25 heavy (non-hydrogen) atoms.